The van der Waals surface area contributed by atoms with Crippen molar-refractivity contribution in [1.82, 2.24) is 24.8 Å². The van der Waals surface area contributed by atoms with Crippen molar-refractivity contribution in [1.29, 1.82) is 0 Å². The lowest BCUT2D eigenvalue weighted by molar-refractivity contribution is -0.140. The molecular formula is C37H37N5O4. The van der Waals surface area contributed by atoms with Gasteiger partial charge in [0.05, 0.1) is 35.2 Å². The molecule has 4 aromatic rings. The molecule has 1 unspecified atom stereocenters. The maximum atomic E-state index is 13.8. The van der Waals surface area contributed by atoms with Gasteiger partial charge in [-0.25, -0.2) is 14.6 Å². The number of allylic oxidation sites excluding steroid dienone is 1. The first-order valence-corrected chi connectivity index (χ1v) is 15.8. The highest BCUT2D eigenvalue weighted by Crippen LogP contribution is 2.44. The zero-order chi connectivity index (χ0) is 32.0. The number of benzene rings is 1. The third-order valence-electron chi connectivity index (χ3n) is 8.65. The lowest BCUT2D eigenvalue weighted by atomic mass is 9.70. The fourth-order valence-electron chi connectivity index (χ4n) is 6.65. The molecule has 1 aromatic carbocycles. The Morgan fingerprint density at radius 1 is 0.935 bits per heavy atom. The largest absolute Gasteiger partial charge is 0.463 e. The van der Waals surface area contributed by atoms with E-state index in [0.29, 0.717) is 22.5 Å². The quantitative estimate of drug-likeness (QED) is 0.197. The number of hydrogen-bond acceptors (Lipinski definition) is 8. The van der Waals surface area contributed by atoms with Crippen LogP contribution in [0.2, 0.25) is 0 Å². The fraction of sp³-hybridized carbons (Fsp3) is 0.324. The Bertz CT molecular complexity index is 1870. The van der Waals surface area contributed by atoms with Crippen molar-refractivity contribution in [3.05, 3.63) is 101 Å². The van der Waals surface area contributed by atoms with Crippen LogP contribution in [0.5, 0.6) is 0 Å². The number of aromatic nitrogens is 4. The van der Waals surface area contributed by atoms with Crippen molar-refractivity contribution in [3.63, 3.8) is 0 Å². The van der Waals surface area contributed by atoms with Crippen LogP contribution in [0.4, 0.5) is 0 Å². The van der Waals surface area contributed by atoms with Gasteiger partial charge in [-0.15, -0.1) is 0 Å². The molecule has 0 spiro atoms. The highest BCUT2D eigenvalue weighted by Gasteiger charge is 2.42. The van der Waals surface area contributed by atoms with Gasteiger partial charge in [-0.2, -0.15) is 0 Å². The van der Waals surface area contributed by atoms with Gasteiger partial charge >= 0.3 is 11.9 Å². The van der Waals surface area contributed by atoms with Gasteiger partial charge in [0.25, 0.3) is 0 Å². The summed E-state index contributed by atoms with van der Waals surface area (Å²) in [6, 6.07) is 13.6. The van der Waals surface area contributed by atoms with E-state index < -0.39 is 17.9 Å². The molecule has 0 bridgehead atoms. The Hall–Kier alpha value is -5.23. The normalized spacial score (nSPS) is 16.9. The molecule has 46 heavy (non-hydrogen) atoms. The van der Waals surface area contributed by atoms with E-state index in [0.717, 1.165) is 65.8 Å². The van der Waals surface area contributed by atoms with Crippen LogP contribution in [-0.2, 0) is 19.1 Å². The van der Waals surface area contributed by atoms with Gasteiger partial charge in [-0.3, -0.25) is 14.5 Å². The number of nitrogens with zero attached hydrogens (tertiary/aromatic N) is 4. The summed E-state index contributed by atoms with van der Waals surface area (Å²) in [7, 11) is 0. The fourth-order valence-corrected chi connectivity index (χ4v) is 6.65. The topological polar surface area (TPSA) is 108 Å². The Kier molecular flexibility index (Phi) is 9.25. The first-order chi connectivity index (χ1) is 22.5. The number of carbonyl (C=O) groups is 2. The number of rotatable bonds is 7. The molecule has 0 radical (unpaired) electrons. The minimum Gasteiger partial charge on any atom is -0.463 e. The molecule has 1 saturated carbocycles. The number of carbonyl (C=O) groups excluding carboxylic acids is 2. The van der Waals surface area contributed by atoms with Crippen LogP contribution in [0, 0.1) is 30.6 Å². The molecule has 1 atom stereocenters. The molecule has 1 N–H and O–H groups in total. The lowest BCUT2D eigenvalue weighted by Gasteiger charge is -2.37. The zero-order valence-electron chi connectivity index (χ0n) is 26.4. The highest BCUT2D eigenvalue weighted by atomic mass is 16.5. The van der Waals surface area contributed by atoms with E-state index in [1.54, 1.807) is 37.8 Å². The van der Waals surface area contributed by atoms with Gasteiger partial charge in [0.15, 0.2) is 6.61 Å². The Morgan fingerprint density at radius 2 is 1.70 bits per heavy atom. The van der Waals surface area contributed by atoms with E-state index in [2.05, 4.69) is 36.7 Å². The summed E-state index contributed by atoms with van der Waals surface area (Å²) in [5, 5.41) is 3.42. The van der Waals surface area contributed by atoms with Gasteiger partial charge in [-0.1, -0.05) is 43.2 Å². The second-order valence-electron chi connectivity index (χ2n) is 11.6. The number of pyridine rings is 2. The van der Waals surface area contributed by atoms with Crippen LogP contribution in [0.15, 0.2) is 84.1 Å². The maximum absolute atomic E-state index is 13.8. The summed E-state index contributed by atoms with van der Waals surface area (Å²) >= 11 is 0. The molecule has 4 heterocycles. The molecule has 9 nitrogen and oxygen atoms in total. The van der Waals surface area contributed by atoms with Crippen LogP contribution >= 0.6 is 0 Å². The molecule has 2 aliphatic rings. The Labute approximate surface area is 268 Å². The molecule has 6 rings (SSSR count). The minimum absolute atomic E-state index is 0.0763. The third-order valence-corrected chi connectivity index (χ3v) is 8.65. The summed E-state index contributed by atoms with van der Waals surface area (Å²) in [6.45, 7) is 5.78. The van der Waals surface area contributed by atoms with E-state index in [9.17, 15) is 9.59 Å². The number of fused-ring (bicyclic) bond motifs is 1. The van der Waals surface area contributed by atoms with E-state index >= 15 is 0 Å². The van der Waals surface area contributed by atoms with Crippen LogP contribution in [0.1, 0.15) is 62.9 Å². The van der Waals surface area contributed by atoms with E-state index in [4.69, 9.17) is 9.47 Å². The number of aryl methyl sites for hydroxylation is 1. The molecule has 0 saturated heterocycles. The van der Waals surface area contributed by atoms with Crippen molar-refractivity contribution in [2.75, 3.05) is 13.2 Å². The second kappa shape index (κ2) is 13.8. The summed E-state index contributed by atoms with van der Waals surface area (Å²) in [5.74, 6) is 5.45. The molecule has 3 aromatic heterocycles. The first-order valence-electron chi connectivity index (χ1n) is 15.8. The molecule has 1 fully saturated rings. The lowest BCUT2D eigenvalue weighted by Crippen LogP contribution is -2.38. The van der Waals surface area contributed by atoms with Gasteiger partial charge in [-0.05, 0) is 75.4 Å². The van der Waals surface area contributed by atoms with Crippen molar-refractivity contribution in [2.24, 2.45) is 11.8 Å². The monoisotopic (exact) mass is 615 g/mol. The average molecular weight is 616 g/mol. The van der Waals surface area contributed by atoms with E-state index in [-0.39, 0.29) is 19.1 Å². The molecule has 1 aliphatic carbocycles. The van der Waals surface area contributed by atoms with Crippen molar-refractivity contribution >= 4 is 28.7 Å². The average Bonchev–Trinajstić information content (AvgIpc) is 3.42. The smallest absolute Gasteiger partial charge is 0.337 e. The van der Waals surface area contributed by atoms with Crippen LogP contribution in [-0.4, -0.2) is 44.7 Å². The van der Waals surface area contributed by atoms with Crippen molar-refractivity contribution in [2.45, 2.75) is 52.9 Å². The maximum Gasteiger partial charge on any atom is 0.337 e. The van der Waals surface area contributed by atoms with E-state index in [1.807, 2.05) is 50.2 Å². The van der Waals surface area contributed by atoms with Crippen molar-refractivity contribution < 1.29 is 19.1 Å². The van der Waals surface area contributed by atoms with Gasteiger partial charge < -0.3 is 14.8 Å². The first kappa shape index (κ1) is 30.8. The summed E-state index contributed by atoms with van der Waals surface area (Å²) < 4.78 is 13.4. The van der Waals surface area contributed by atoms with Crippen LogP contribution in [0.3, 0.4) is 0 Å². The van der Waals surface area contributed by atoms with Gasteiger partial charge in [0, 0.05) is 41.5 Å². The SMILES string of the molecule is CCOC(=O)C1=C(c2ccc(-n3c(C)nc4cnccc43)cc2)NC(C)=C(C(=O)OCC#Cc2cccnc2)C1C1CCCCC1. The predicted molar refractivity (Wildman–Crippen MR) is 175 cm³/mol. The van der Waals surface area contributed by atoms with Crippen LogP contribution in [0.25, 0.3) is 22.4 Å². The van der Waals surface area contributed by atoms with Crippen LogP contribution < -0.4 is 5.32 Å². The van der Waals surface area contributed by atoms with Crippen molar-refractivity contribution in [3.8, 4) is 17.5 Å². The predicted octanol–water partition coefficient (Wildman–Crippen LogP) is 6.07. The Morgan fingerprint density at radius 3 is 2.43 bits per heavy atom. The summed E-state index contributed by atoms with van der Waals surface area (Å²) in [6.07, 6.45) is 11.9. The number of ether oxygens (including phenoxy) is 2. The summed E-state index contributed by atoms with van der Waals surface area (Å²) in [5.41, 5.74) is 6.55. The van der Waals surface area contributed by atoms with Gasteiger partial charge in [0.1, 0.15) is 11.3 Å². The number of esters is 2. The highest BCUT2D eigenvalue weighted by molar-refractivity contribution is 6.04. The third kappa shape index (κ3) is 6.29. The number of hydrogen-bond donors (Lipinski definition) is 1. The number of dihydropyridines is 1. The Balaban J connectivity index is 1.37. The number of nitrogens with one attached hydrogen (secondary N) is 1. The minimum atomic E-state index is -0.478. The molecule has 9 heteroatoms. The molecule has 1 aliphatic heterocycles. The van der Waals surface area contributed by atoms with E-state index in [1.165, 1.54) is 0 Å². The molecule has 234 valence electrons. The molecule has 0 amide bonds. The summed E-state index contributed by atoms with van der Waals surface area (Å²) in [4.78, 5) is 40.5. The second-order valence-corrected chi connectivity index (χ2v) is 11.6. The standard InChI is InChI=1S/C37H37N5O4/c1-4-45-37(44)34-33(27-12-6-5-7-13-27)32(36(43)46-21-9-11-26-10-8-19-38-22-26)24(2)40-35(34)28-14-16-29(17-15-28)42-25(3)41-30-23-39-20-18-31(30)42/h8,10,14-20,22-23,27,33,40H,4-7,12-13,21H2,1-3H3. The van der Waals surface area contributed by atoms with Gasteiger partial charge in [0.2, 0.25) is 0 Å². The molecular weight excluding hydrogens is 578 g/mol. The number of imidazole rings is 1. The zero-order valence-corrected chi connectivity index (χ0v) is 26.4.